The van der Waals surface area contributed by atoms with Crippen LogP contribution in [-0.2, 0) is 4.74 Å². The van der Waals surface area contributed by atoms with Gasteiger partial charge < -0.3 is 15.0 Å². The van der Waals surface area contributed by atoms with Crippen molar-refractivity contribution in [2.24, 2.45) is 0 Å². The predicted molar refractivity (Wildman–Crippen MR) is 91.6 cm³/mol. The summed E-state index contributed by atoms with van der Waals surface area (Å²) in [6.45, 7) is -0.307. The summed E-state index contributed by atoms with van der Waals surface area (Å²) in [6, 6.07) is 19.9. The Hall–Kier alpha value is -3.34. The van der Waals surface area contributed by atoms with E-state index >= 15 is 0 Å². The van der Waals surface area contributed by atoms with Crippen LogP contribution in [0.3, 0.4) is 0 Å². The Balaban J connectivity index is 1.70. The minimum absolute atomic E-state index is 0.276. The molecule has 0 aliphatic carbocycles. The second-order valence-corrected chi connectivity index (χ2v) is 5.12. The first-order chi connectivity index (χ1) is 11.7. The van der Waals surface area contributed by atoms with Gasteiger partial charge in [0.2, 0.25) is 5.78 Å². The Kier molecular flexibility index (Phi) is 4.72. The van der Waals surface area contributed by atoms with Crippen LogP contribution >= 0.6 is 0 Å². The van der Waals surface area contributed by atoms with E-state index in [1.54, 1.807) is 36.5 Å². The lowest BCUT2D eigenvalue weighted by Crippen LogP contribution is -2.15. The summed E-state index contributed by atoms with van der Waals surface area (Å²) in [5.41, 5.74) is 2.28. The van der Waals surface area contributed by atoms with Crippen LogP contribution in [0.2, 0.25) is 0 Å². The van der Waals surface area contributed by atoms with E-state index in [-0.39, 0.29) is 12.4 Å². The molecule has 0 bridgehead atoms. The van der Waals surface area contributed by atoms with Gasteiger partial charge in [0.1, 0.15) is 0 Å². The zero-order valence-electron chi connectivity index (χ0n) is 12.9. The minimum atomic E-state index is -0.547. The highest BCUT2D eigenvalue weighted by molar-refractivity contribution is 6.00. The van der Waals surface area contributed by atoms with Crippen LogP contribution in [0.25, 0.3) is 0 Å². The average Bonchev–Trinajstić information content (AvgIpc) is 3.15. The molecule has 0 amide bonds. The van der Waals surface area contributed by atoms with Gasteiger partial charge in [0.15, 0.2) is 6.61 Å². The van der Waals surface area contributed by atoms with Crippen molar-refractivity contribution >= 4 is 23.1 Å². The normalized spacial score (nSPS) is 10.2. The molecule has 0 radical (unpaired) electrons. The molecule has 0 atom stereocenters. The molecular weight excluding hydrogens is 304 g/mol. The van der Waals surface area contributed by atoms with E-state index in [1.807, 2.05) is 36.4 Å². The van der Waals surface area contributed by atoms with Crippen LogP contribution in [-0.4, -0.2) is 23.3 Å². The third kappa shape index (κ3) is 3.70. The fourth-order valence-electron chi connectivity index (χ4n) is 2.24. The number of ether oxygens (including phenoxy) is 1. The number of carbonyl (C=O) groups is 2. The number of esters is 1. The Morgan fingerprint density at radius 2 is 1.67 bits per heavy atom. The number of benzene rings is 2. The van der Waals surface area contributed by atoms with E-state index in [0.717, 1.165) is 5.69 Å². The number of anilines is 2. The van der Waals surface area contributed by atoms with Crippen LogP contribution in [0, 0.1) is 0 Å². The lowest BCUT2D eigenvalue weighted by Gasteiger charge is -2.11. The first-order valence-corrected chi connectivity index (χ1v) is 7.49. The lowest BCUT2D eigenvalue weighted by atomic mass is 10.1. The van der Waals surface area contributed by atoms with Crippen LogP contribution < -0.4 is 5.32 Å². The van der Waals surface area contributed by atoms with E-state index < -0.39 is 5.97 Å². The highest BCUT2D eigenvalue weighted by Crippen LogP contribution is 2.21. The fourth-order valence-corrected chi connectivity index (χ4v) is 2.24. The molecular formula is C19H16N2O3. The smallest absolute Gasteiger partial charge is 0.340 e. The van der Waals surface area contributed by atoms with Gasteiger partial charge in [-0.2, -0.15) is 0 Å². The molecule has 0 saturated heterocycles. The number of aromatic nitrogens is 1. The van der Waals surface area contributed by atoms with Crippen LogP contribution in [0.4, 0.5) is 11.4 Å². The van der Waals surface area contributed by atoms with Gasteiger partial charge >= 0.3 is 5.97 Å². The average molecular weight is 320 g/mol. The quantitative estimate of drug-likeness (QED) is 0.535. The van der Waals surface area contributed by atoms with Crippen LogP contribution in [0.15, 0.2) is 72.9 Å². The number of hydrogen-bond acceptors (Lipinski definition) is 4. The molecule has 1 aromatic heterocycles. The van der Waals surface area contributed by atoms with Gasteiger partial charge in [-0.3, -0.25) is 4.79 Å². The second-order valence-electron chi connectivity index (χ2n) is 5.12. The molecule has 1 heterocycles. The zero-order valence-corrected chi connectivity index (χ0v) is 12.9. The second kappa shape index (κ2) is 7.28. The van der Waals surface area contributed by atoms with E-state index in [2.05, 4.69) is 10.3 Å². The van der Waals surface area contributed by atoms with Crippen molar-refractivity contribution in [3.8, 4) is 0 Å². The monoisotopic (exact) mass is 320 g/mol. The Morgan fingerprint density at radius 3 is 2.42 bits per heavy atom. The molecule has 0 saturated carbocycles. The summed E-state index contributed by atoms with van der Waals surface area (Å²) in [7, 11) is 0. The van der Waals surface area contributed by atoms with E-state index in [1.165, 1.54) is 0 Å². The van der Waals surface area contributed by atoms with Gasteiger partial charge in [-0.1, -0.05) is 30.3 Å². The topological polar surface area (TPSA) is 71.2 Å². The van der Waals surface area contributed by atoms with E-state index in [0.29, 0.717) is 16.9 Å². The molecule has 0 aliphatic rings. The van der Waals surface area contributed by atoms with Crippen molar-refractivity contribution in [1.82, 2.24) is 4.98 Å². The molecule has 2 aromatic carbocycles. The summed E-state index contributed by atoms with van der Waals surface area (Å²) in [4.78, 5) is 27.0. The first kappa shape index (κ1) is 15.6. The summed E-state index contributed by atoms with van der Waals surface area (Å²) in [6.07, 6.45) is 1.65. The Bertz CT molecular complexity index is 827. The van der Waals surface area contributed by atoms with Crippen molar-refractivity contribution in [1.29, 1.82) is 0 Å². The number of nitrogens with one attached hydrogen (secondary N) is 2. The molecule has 0 aliphatic heterocycles. The standard InChI is InChI=1S/C19H16N2O3/c22-18(17-11-6-12-20-17)13-24-19(23)15-9-4-5-10-16(15)21-14-7-2-1-3-8-14/h1-12,20-21H,13H2. The number of carbonyl (C=O) groups excluding carboxylic acids is 2. The SMILES string of the molecule is O=C(COC(=O)c1ccccc1Nc1ccccc1)c1ccc[nH]1. The highest BCUT2D eigenvalue weighted by Gasteiger charge is 2.15. The van der Waals surface area contributed by atoms with Crippen LogP contribution in [0.1, 0.15) is 20.8 Å². The maximum absolute atomic E-state index is 12.3. The molecule has 5 heteroatoms. The maximum Gasteiger partial charge on any atom is 0.340 e. The van der Waals surface area contributed by atoms with Gasteiger partial charge in [0.25, 0.3) is 0 Å². The summed E-state index contributed by atoms with van der Waals surface area (Å²) < 4.78 is 5.14. The summed E-state index contributed by atoms with van der Waals surface area (Å²) in [5, 5.41) is 3.18. The highest BCUT2D eigenvalue weighted by atomic mass is 16.5. The number of para-hydroxylation sites is 2. The number of H-pyrrole nitrogens is 1. The molecule has 0 unspecified atom stereocenters. The third-order valence-corrected chi connectivity index (χ3v) is 3.43. The number of ketones is 1. The molecule has 3 aromatic rings. The lowest BCUT2D eigenvalue weighted by molar-refractivity contribution is 0.0474. The van der Waals surface area contributed by atoms with Crippen molar-refractivity contribution in [2.75, 3.05) is 11.9 Å². The van der Waals surface area contributed by atoms with Crippen molar-refractivity contribution in [3.05, 3.63) is 84.2 Å². The largest absolute Gasteiger partial charge is 0.454 e. The predicted octanol–water partition coefficient (Wildman–Crippen LogP) is 3.80. The zero-order chi connectivity index (χ0) is 16.8. The van der Waals surface area contributed by atoms with Crippen LogP contribution in [0.5, 0.6) is 0 Å². The number of Topliss-reactive ketones (excluding diaryl/α,β-unsaturated/α-hetero) is 1. The van der Waals surface area contributed by atoms with Gasteiger partial charge in [-0.25, -0.2) is 4.79 Å². The van der Waals surface area contributed by atoms with Gasteiger partial charge in [0, 0.05) is 11.9 Å². The molecule has 120 valence electrons. The minimum Gasteiger partial charge on any atom is -0.454 e. The Labute approximate surface area is 139 Å². The van der Waals surface area contributed by atoms with Crippen molar-refractivity contribution in [2.45, 2.75) is 0 Å². The van der Waals surface area contributed by atoms with E-state index in [9.17, 15) is 9.59 Å². The Morgan fingerprint density at radius 1 is 0.917 bits per heavy atom. The first-order valence-electron chi connectivity index (χ1n) is 7.49. The molecule has 24 heavy (non-hydrogen) atoms. The molecule has 5 nitrogen and oxygen atoms in total. The van der Waals surface area contributed by atoms with Crippen molar-refractivity contribution < 1.29 is 14.3 Å². The number of hydrogen-bond donors (Lipinski definition) is 2. The number of aromatic amines is 1. The molecule has 0 spiro atoms. The maximum atomic E-state index is 12.3. The third-order valence-electron chi connectivity index (χ3n) is 3.43. The fraction of sp³-hybridized carbons (Fsp3) is 0.0526. The summed E-state index contributed by atoms with van der Waals surface area (Å²) >= 11 is 0. The summed E-state index contributed by atoms with van der Waals surface area (Å²) in [5.74, 6) is -0.823. The van der Waals surface area contributed by atoms with Gasteiger partial charge in [0.05, 0.1) is 16.9 Å². The molecule has 2 N–H and O–H groups in total. The van der Waals surface area contributed by atoms with Gasteiger partial charge in [-0.15, -0.1) is 0 Å². The van der Waals surface area contributed by atoms with E-state index in [4.69, 9.17) is 4.74 Å². The molecule has 0 fully saturated rings. The van der Waals surface area contributed by atoms with Crippen molar-refractivity contribution in [3.63, 3.8) is 0 Å². The molecule has 3 rings (SSSR count). The van der Waals surface area contributed by atoms with Gasteiger partial charge in [-0.05, 0) is 36.4 Å². The number of rotatable bonds is 6.